The zero-order valence-corrected chi connectivity index (χ0v) is 6.59. The molecule has 10 heavy (non-hydrogen) atoms. The highest BCUT2D eigenvalue weighted by Crippen LogP contribution is 2.22. The second-order valence-corrected chi connectivity index (χ2v) is 2.31. The largest absolute Gasteiger partial charge is 0.403 e. The molecule has 0 aliphatic rings. The molecule has 0 bridgehead atoms. The fourth-order valence-corrected chi connectivity index (χ4v) is 0.378. The van der Waals surface area contributed by atoms with E-state index in [0.717, 1.165) is 0 Å². The van der Waals surface area contributed by atoms with E-state index >= 15 is 0 Å². The van der Waals surface area contributed by atoms with E-state index in [1.54, 1.807) is 0 Å². The number of nitrogens with two attached hydrogens (primary N) is 1. The molecule has 0 aliphatic heterocycles. The molecule has 1 atom stereocenters. The lowest BCUT2D eigenvalue weighted by atomic mass is 10.1. The molecule has 0 rings (SSSR count). The number of rotatable bonds is 1. The molecule has 0 fully saturated rings. The van der Waals surface area contributed by atoms with Gasteiger partial charge in [0.1, 0.15) is 6.04 Å². The van der Waals surface area contributed by atoms with Gasteiger partial charge in [-0.3, -0.25) is 0 Å². The summed E-state index contributed by atoms with van der Waals surface area (Å²) < 4.78 is 34.7. The van der Waals surface area contributed by atoms with Gasteiger partial charge in [0.15, 0.2) is 0 Å². The molecule has 2 N–H and O–H groups in total. The quantitative estimate of drug-likeness (QED) is 0.651. The lowest BCUT2D eigenvalue weighted by molar-refractivity contribution is -0.156. The van der Waals surface area contributed by atoms with Crippen molar-refractivity contribution >= 4 is 12.4 Å². The van der Waals surface area contributed by atoms with Gasteiger partial charge in [-0.25, -0.2) is 0 Å². The van der Waals surface area contributed by atoms with Crippen LogP contribution < -0.4 is 5.73 Å². The van der Waals surface area contributed by atoms with Crippen molar-refractivity contribution in [3.63, 3.8) is 0 Å². The summed E-state index contributed by atoms with van der Waals surface area (Å²) in [6, 6.07) is -1.68. The van der Waals surface area contributed by atoms with Crippen molar-refractivity contribution in [1.29, 1.82) is 0 Å². The lowest BCUT2D eigenvalue weighted by Gasteiger charge is -2.18. The van der Waals surface area contributed by atoms with Crippen molar-refractivity contribution in [2.45, 2.75) is 26.1 Å². The van der Waals surface area contributed by atoms with Crippen molar-refractivity contribution in [1.82, 2.24) is 0 Å². The van der Waals surface area contributed by atoms with Gasteiger partial charge in [-0.05, 0) is 5.92 Å². The summed E-state index contributed by atoms with van der Waals surface area (Å²) >= 11 is 0. The van der Waals surface area contributed by atoms with Crippen LogP contribution in [0, 0.1) is 5.92 Å². The van der Waals surface area contributed by atoms with E-state index in [1.165, 1.54) is 13.8 Å². The van der Waals surface area contributed by atoms with Crippen molar-refractivity contribution in [3.8, 4) is 0 Å². The average Bonchev–Trinajstić information content (AvgIpc) is 1.62. The third-order valence-electron chi connectivity index (χ3n) is 1.10. The third kappa shape index (κ3) is 3.95. The summed E-state index contributed by atoms with van der Waals surface area (Å²) in [4.78, 5) is 0. The summed E-state index contributed by atoms with van der Waals surface area (Å²) in [7, 11) is 0. The maximum atomic E-state index is 11.6. The topological polar surface area (TPSA) is 26.0 Å². The van der Waals surface area contributed by atoms with Crippen molar-refractivity contribution in [3.05, 3.63) is 0 Å². The van der Waals surface area contributed by atoms with E-state index in [4.69, 9.17) is 5.73 Å². The summed E-state index contributed by atoms with van der Waals surface area (Å²) in [6.07, 6.45) is -4.24. The molecular weight excluding hydrogens is 167 g/mol. The van der Waals surface area contributed by atoms with Crippen LogP contribution in [0.2, 0.25) is 0 Å². The Labute approximate surface area is 64.2 Å². The van der Waals surface area contributed by atoms with Gasteiger partial charge in [0.05, 0.1) is 0 Å². The molecule has 0 aromatic heterocycles. The highest BCUT2D eigenvalue weighted by atomic mass is 35.5. The van der Waals surface area contributed by atoms with Crippen LogP contribution in [0.25, 0.3) is 0 Å². The lowest BCUT2D eigenvalue weighted by Crippen LogP contribution is -2.41. The van der Waals surface area contributed by atoms with Gasteiger partial charge in [0.2, 0.25) is 0 Å². The van der Waals surface area contributed by atoms with Crippen LogP contribution >= 0.6 is 12.4 Å². The van der Waals surface area contributed by atoms with Crippen LogP contribution in [0.15, 0.2) is 0 Å². The molecule has 0 radical (unpaired) electrons. The third-order valence-corrected chi connectivity index (χ3v) is 1.10. The molecule has 0 heterocycles. The molecule has 0 saturated carbocycles. The molecular formula is C5H11ClF3N. The number of hydrogen-bond donors (Lipinski definition) is 1. The number of halogens is 4. The second kappa shape index (κ2) is 4.03. The molecule has 1 unspecified atom stereocenters. The molecule has 0 saturated heterocycles. The van der Waals surface area contributed by atoms with Crippen LogP contribution in [0.4, 0.5) is 13.2 Å². The van der Waals surface area contributed by atoms with Gasteiger partial charge in [-0.2, -0.15) is 13.2 Å². The van der Waals surface area contributed by atoms with E-state index in [0.29, 0.717) is 0 Å². The molecule has 0 amide bonds. The zero-order valence-electron chi connectivity index (χ0n) is 5.77. The standard InChI is InChI=1S/C5H10F3N.ClH/c1-3(2)4(9)5(6,7)8;/h3-4H,9H2,1-2H3;1H. The van der Waals surface area contributed by atoms with Gasteiger partial charge in [-0.15, -0.1) is 12.4 Å². The van der Waals surface area contributed by atoms with Crippen molar-refractivity contribution in [2.75, 3.05) is 0 Å². The predicted molar refractivity (Wildman–Crippen MR) is 36.1 cm³/mol. The van der Waals surface area contributed by atoms with Crippen LogP contribution in [-0.4, -0.2) is 12.2 Å². The zero-order chi connectivity index (χ0) is 7.65. The highest BCUT2D eigenvalue weighted by molar-refractivity contribution is 5.85. The molecule has 0 aromatic rings. The van der Waals surface area contributed by atoms with Crippen LogP contribution in [0.3, 0.4) is 0 Å². The summed E-state index contributed by atoms with van der Waals surface area (Å²) in [5.41, 5.74) is 4.77. The van der Waals surface area contributed by atoms with Crippen LogP contribution in [0.1, 0.15) is 13.8 Å². The Kier molecular flexibility index (Phi) is 5.12. The average molecular weight is 178 g/mol. The van der Waals surface area contributed by atoms with E-state index in [1.807, 2.05) is 0 Å². The first-order chi connectivity index (χ1) is 3.85. The second-order valence-electron chi connectivity index (χ2n) is 2.31. The monoisotopic (exact) mass is 177 g/mol. The Morgan fingerprint density at radius 1 is 1.20 bits per heavy atom. The van der Waals surface area contributed by atoms with E-state index < -0.39 is 18.1 Å². The predicted octanol–water partition coefficient (Wildman–Crippen LogP) is 1.95. The molecule has 5 heteroatoms. The Morgan fingerprint density at radius 2 is 1.50 bits per heavy atom. The first kappa shape index (κ1) is 12.7. The fraction of sp³-hybridized carbons (Fsp3) is 1.00. The van der Waals surface area contributed by atoms with Crippen LogP contribution in [0.5, 0.6) is 0 Å². The highest BCUT2D eigenvalue weighted by Gasteiger charge is 2.38. The van der Waals surface area contributed by atoms with Gasteiger partial charge >= 0.3 is 6.18 Å². The van der Waals surface area contributed by atoms with Gasteiger partial charge in [-0.1, -0.05) is 13.8 Å². The van der Waals surface area contributed by atoms with E-state index in [9.17, 15) is 13.2 Å². The SMILES string of the molecule is CC(C)C(N)C(F)(F)F.Cl. The molecule has 0 aromatic carbocycles. The van der Waals surface area contributed by atoms with E-state index in [-0.39, 0.29) is 12.4 Å². The summed E-state index contributed by atoms with van der Waals surface area (Å²) in [5.74, 6) is -0.537. The first-order valence-corrected chi connectivity index (χ1v) is 2.68. The normalized spacial score (nSPS) is 14.7. The van der Waals surface area contributed by atoms with Crippen LogP contribution in [-0.2, 0) is 0 Å². The number of hydrogen-bond acceptors (Lipinski definition) is 1. The molecule has 0 spiro atoms. The number of alkyl halides is 3. The van der Waals surface area contributed by atoms with Gasteiger partial charge in [0, 0.05) is 0 Å². The summed E-state index contributed by atoms with van der Waals surface area (Å²) in [5, 5.41) is 0. The van der Waals surface area contributed by atoms with Crippen molar-refractivity contribution < 1.29 is 13.2 Å². The minimum atomic E-state index is -4.24. The molecule has 0 aliphatic carbocycles. The smallest absolute Gasteiger partial charge is 0.320 e. The minimum Gasteiger partial charge on any atom is -0.320 e. The molecule has 64 valence electrons. The van der Waals surface area contributed by atoms with E-state index in [2.05, 4.69) is 0 Å². The Balaban J connectivity index is 0. The van der Waals surface area contributed by atoms with Gasteiger partial charge < -0.3 is 5.73 Å². The van der Waals surface area contributed by atoms with Gasteiger partial charge in [0.25, 0.3) is 0 Å². The molecule has 1 nitrogen and oxygen atoms in total. The maximum absolute atomic E-state index is 11.6. The fourth-order valence-electron chi connectivity index (χ4n) is 0.378. The first-order valence-electron chi connectivity index (χ1n) is 2.68. The van der Waals surface area contributed by atoms with Crippen molar-refractivity contribution in [2.24, 2.45) is 11.7 Å². The summed E-state index contributed by atoms with van der Waals surface area (Å²) in [6.45, 7) is 2.89. The Bertz CT molecular complexity index is 91.4. The Hall–Kier alpha value is 0.0400. The minimum absolute atomic E-state index is 0. The Morgan fingerprint density at radius 3 is 1.50 bits per heavy atom. The maximum Gasteiger partial charge on any atom is 0.403 e.